The number of hydrogen-bond donors (Lipinski definition) is 1. The van der Waals surface area contributed by atoms with Crippen LogP contribution in [0.15, 0.2) is 53.5 Å². The van der Waals surface area contributed by atoms with E-state index in [9.17, 15) is 9.59 Å². The van der Waals surface area contributed by atoms with E-state index >= 15 is 0 Å². The Labute approximate surface area is 163 Å². The Morgan fingerprint density at radius 2 is 1.93 bits per heavy atom. The van der Waals surface area contributed by atoms with Gasteiger partial charge in [0.1, 0.15) is 0 Å². The monoisotopic (exact) mass is 379 g/mol. The second kappa shape index (κ2) is 8.39. The van der Waals surface area contributed by atoms with E-state index in [4.69, 9.17) is 0 Å². The Balaban J connectivity index is 1.35. The lowest BCUT2D eigenvalue weighted by Gasteiger charge is -2.26. The number of likely N-dealkylation sites (tertiary alicyclic amines) is 1. The molecule has 0 spiro atoms. The molecule has 0 radical (unpaired) electrons. The molecular formula is C21H25N5O2. The maximum Gasteiger partial charge on any atom is 0.350 e. The summed E-state index contributed by atoms with van der Waals surface area (Å²) < 4.78 is 2.81. The number of rotatable bonds is 6. The van der Waals surface area contributed by atoms with Crippen LogP contribution in [0.3, 0.4) is 0 Å². The number of anilines is 1. The van der Waals surface area contributed by atoms with E-state index in [-0.39, 0.29) is 24.6 Å². The molecule has 4 rings (SSSR count). The van der Waals surface area contributed by atoms with Gasteiger partial charge in [-0.3, -0.25) is 14.1 Å². The zero-order chi connectivity index (χ0) is 19.3. The Morgan fingerprint density at radius 3 is 2.75 bits per heavy atom. The van der Waals surface area contributed by atoms with Gasteiger partial charge in [0.05, 0.1) is 6.54 Å². The SMILES string of the molecule is O=C(CCn1nc2ccccn2c1=O)Nc1cccc(CN2CCCCC2)c1. The summed E-state index contributed by atoms with van der Waals surface area (Å²) in [5.74, 6) is -0.126. The fraction of sp³-hybridized carbons (Fsp3) is 0.381. The summed E-state index contributed by atoms with van der Waals surface area (Å²) in [6.45, 7) is 3.45. The number of piperidine rings is 1. The summed E-state index contributed by atoms with van der Waals surface area (Å²) in [6.07, 6.45) is 5.72. The number of benzene rings is 1. The van der Waals surface area contributed by atoms with Crippen molar-refractivity contribution in [1.82, 2.24) is 19.1 Å². The predicted octanol–water partition coefficient (Wildman–Crippen LogP) is 2.51. The van der Waals surface area contributed by atoms with E-state index in [0.717, 1.165) is 25.3 Å². The van der Waals surface area contributed by atoms with E-state index in [0.29, 0.717) is 5.65 Å². The highest BCUT2D eigenvalue weighted by atomic mass is 16.2. The first-order valence-electron chi connectivity index (χ1n) is 9.84. The van der Waals surface area contributed by atoms with Gasteiger partial charge in [-0.25, -0.2) is 9.48 Å². The van der Waals surface area contributed by atoms with Gasteiger partial charge >= 0.3 is 5.69 Å². The molecule has 0 unspecified atom stereocenters. The average molecular weight is 379 g/mol. The second-order valence-electron chi connectivity index (χ2n) is 7.27. The Hall–Kier alpha value is -2.93. The Morgan fingerprint density at radius 1 is 1.07 bits per heavy atom. The Kier molecular flexibility index (Phi) is 5.53. The van der Waals surface area contributed by atoms with Crippen molar-refractivity contribution in [2.24, 2.45) is 0 Å². The molecule has 1 aliphatic heterocycles. The molecular weight excluding hydrogens is 354 g/mol. The van der Waals surface area contributed by atoms with Crippen molar-refractivity contribution < 1.29 is 4.79 Å². The van der Waals surface area contributed by atoms with Gasteiger partial charge in [-0.2, -0.15) is 0 Å². The lowest BCUT2D eigenvalue weighted by Crippen LogP contribution is -2.29. The molecule has 1 aliphatic rings. The third-order valence-electron chi connectivity index (χ3n) is 5.10. The number of pyridine rings is 1. The number of nitrogens with one attached hydrogen (secondary N) is 1. The standard InChI is InChI=1S/C21H25N5O2/c27-20(10-14-26-21(28)25-13-5-2-9-19(25)23-26)22-18-8-6-7-17(15-18)16-24-11-3-1-4-12-24/h2,5-9,13,15H,1,3-4,10-12,14,16H2,(H,22,27). The largest absolute Gasteiger partial charge is 0.350 e. The topological polar surface area (TPSA) is 71.6 Å². The van der Waals surface area contributed by atoms with Crippen LogP contribution in [0.1, 0.15) is 31.2 Å². The van der Waals surface area contributed by atoms with Crippen LogP contribution in [0.4, 0.5) is 5.69 Å². The minimum atomic E-state index is -0.230. The minimum absolute atomic E-state index is 0.126. The molecule has 3 heterocycles. The van der Waals surface area contributed by atoms with E-state index in [1.54, 1.807) is 18.3 Å². The molecule has 1 saturated heterocycles. The lowest BCUT2D eigenvalue weighted by molar-refractivity contribution is -0.116. The molecule has 146 valence electrons. The molecule has 1 aromatic carbocycles. The van der Waals surface area contributed by atoms with Crippen molar-refractivity contribution in [1.29, 1.82) is 0 Å². The number of carbonyl (C=O) groups excluding carboxylic acids is 1. The number of aryl methyl sites for hydroxylation is 1. The zero-order valence-corrected chi connectivity index (χ0v) is 15.9. The summed E-state index contributed by atoms with van der Waals surface area (Å²) in [7, 11) is 0. The van der Waals surface area contributed by atoms with Crippen LogP contribution < -0.4 is 11.0 Å². The van der Waals surface area contributed by atoms with Gasteiger partial charge in [0.2, 0.25) is 5.91 Å². The van der Waals surface area contributed by atoms with Crippen molar-refractivity contribution in [2.45, 2.75) is 38.8 Å². The number of aromatic nitrogens is 3. The van der Waals surface area contributed by atoms with Gasteiger partial charge in [-0.05, 0) is 55.8 Å². The maximum atomic E-state index is 12.3. The molecule has 1 fully saturated rings. The van der Waals surface area contributed by atoms with Crippen LogP contribution in [0.25, 0.3) is 5.65 Å². The van der Waals surface area contributed by atoms with Gasteiger partial charge in [0.25, 0.3) is 0 Å². The summed E-state index contributed by atoms with van der Waals surface area (Å²) in [5, 5.41) is 7.19. The van der Waals surface area contributed by atoms with Crippen molar-refractivity contribution in [2.75, 3.05) is 18.4 Å². The normalized spacial score (nSPS) is 15.0. The number of carbonyl (C=O) groups is 1. The van der Waals surface area contributed by atoms with Crippen molar-refractivity contribution in [3.63, 3.8) is 0 Å². The van der Waals surface area contributed by atoms with E-state index in [1.165, 1.54) is 33.9 Å². The van der Waals surface area contributed by atoms with E-state index < -0.39 is 0 Å². The number of fused-ring (bicyclic) bond motifs is 1. The summed E-state index contributed by atoms with van der Waals surface area (Å²) in [4.78, 5) is 27.1. The molecule has 0 bridgehead atoms. The smallest absolute Gasteiger partial charge is 0.326 e. The summed E-state index contributed by atoms with van der Waals surface area (Å²) in [5.41, 5.74) is 2.35. The summed E-state index contributed by atoms with van der Waals surface area (Å²) in [6, 6.07) is 13.4. The molecule has 0 atom stereocenters. The van der Waals surface area contributed by atoms with Crippen LogP contribution in [0.5, 0.6) is 0 Å². The number of amides is 1. The van der Waals surface area contributed by atoms with Crippen LogP contribution in [-0.2, 0) is 17.9 Å². The number of hydrogen-bond acceptors (Lipinski definition) is 4. The first kappa shape index (κ1) is 18.4. The molecule has 0 aliphatic carbocycles. The van der Waals surface area contributed by atoms with E-state index in [1.807, 2.05) is 24.3 Å². The second-order valence-corrected chi connectivity index (χ2v) is 7.27. The van der Waals surface area contributed by atoms with Crippen molar-refractivity contribution in [3.05, 3.63) is 64.7 Å². The molecule has 7 heteroatoms. The van der Waals surface area contributed by atoms with Gasteiger partial charge in [0.15, 0.2) is 5.65 Å². The molecule has 1 amide bonds. The quantitative estimate of drug-likeness (QED) is 0.714. The van der Waals surface area contributed by atoms with Crippen LogP contribution in [-0.4, -0.2) is 38.1 Å². The average Bonchev–Trinajstić information content (AvgIpc) is 3.03. The fourth-order valence-electron chi connectivity index (χ4n) is 3.67. The molecule has 2 aromatic heterocycles. The van der Waals surface area contributed by atoms with Crippen molar-refractivity contribution in [3.8, 4) is 0 Å². The minimum Gasteiger partial charge on any atom is -0.326 e. The highest BCUT2D eigenvalue weighted by Crippen LogP contribution is 2.16. The molecule has 1 N–H and O–H groups in total. The van der Waals surface area contributed by atoms with Crippen LogP contribution >= 0.6 is 0 Å². The van der Waals surface area contributed by atoms with Crippen LogP contribution in [0.2, 0.25) is 0 Å². The van der Waals surface area contributed by atoms with E-state index in [2.05, 4.69) is 21.4 Å². The van der Waals surface area contributed by atoms with Gasteiger partial charge in [-0.1, -0.05) is 24.6 Å². The first-order chi connectivity index (χ1) is 13.7. The zero-order valence-electron chi connectivity index (χ0n) is 15.9. The molecule has 7 nitrogen and oxygen atoms in total. The molecule has 0 saturated carbocycles. The molecule has 28 heavy (non-hydrogen) atoms. The maximum absolute atomic E-state index is 12.3. The fourth-order valence-corrected chi connectivity index (χ4v) is 3.67. The lowest BCUT2D eigenvalue weighted by atomic mass is 10.1. The van der Waals surface area contributed by atoms with Crippen LogP contribution in [0, 0.1) is 0 Å². The first-order valence-corrected chi connectivity index (χ1v) is 9.84. The highest BCUT2D eigenvalue weighted by Gasteiger charge is 2.12. The van der Waals surface area contributed by atoms with Gasteiger partial charge in [0, 0.05) is 24.8 Å². The Bertz CT molecular complexity index is 1020. The van der Waals surface area contributed by atoms with Crippen molar-refractivity contribution >= 4 is 17.2 Å². The summed E-state index contributed by atoms with van der Waals surface area (Å²) >= 11 is 0. The van der Waals surface area contributed by atoms with Gasteiger partial charge < -0.3 is 5.32 Å². The molecule has 3 aromatic rings. The highest BCUT2D eigenvalue weighted by molar-refractivity contribution is 5.90. The number of nitrogens with zero attached hydrogens (tertiary/aromatic N) is 4. The third kappa shape index (κ3) is 4.31. The predicted molar refractivity (Wildman–Crippen MR) is 108 cm³/mol. The third-order valence-corrected chi connectivity index (χ3v) is 5.10. The van der Waals surface area contributed by atoms with Gasteiger partial charge in [-0.15, -0.1) is 5.10 Å².